The Morgan fingerprint density at radius 2 is 1.72 bits per heavy atom. The molecule has 1 fully saturated rings. The number of nitrogens with zero attached hydrogens (tertiary/aromatic N) is 2. The van der Waals surface area contributed by atoms with Gasteiger partial charge in [0.2, 0.25) is 0 Å². The second kappa shape index (κ2) is 7.63. The van der Waals surface area contributed by atoms with Crippen LogP contribution in [0.2, 0.25) is 0 Å². The molecule has 2 unspecified atom stereocenters. The van der Waals surface area contributed by atoms with Gasteiger partial charge in [-0.05, 0) is 23.8 Å². The van der Waals surface area contributed by atoms with Crippen LogP contribution in [0.15, 0.2) is 82.8 Å². The zero-order valence-corrected chi connectivity index (χ0v) is 14.7. The molecule has 0 N–H and O–H groups in total. The van der Waals surface area contributed by atoms with Crippen molar-refractivity contribution in [3.63, 3.8) is 0 Å². The molecule has 0 amide bonds. The molecule has 2 aromatic carbocycles. The van der Waals surface area contributed by atoms with Gasteiger partial charge in [0, 0.05) is 19.5 Å². The number of hydrogen-bond acceptors (Lipinski definition) is 4. The maximum atomic E-state index is 12.5. The Kier molecular flexibility index (Phi) is 5.31. The van der Waals surface area contributed by atoms with Crippen molar-refractivity contribution in [2.24, 2.45) is 4.99 Å². The van der Waals surface area contributed by atoms with Gasteiger partial charge in [0.05, 0.1) is 17.5 Å². The monoisotopic (exact) mass is 356 g/mol. The molecule has 1 heterocycles. The van der Waals surface area contributed by atoms with E-state index in [9.17, 15) is 8.42 Å². The first-order valence-corrected chi connectivity index (χ1v) is 9.42. The van der Waals surface area contributed by atoms with Crippen LogP contribution in [-0.4, -0.2) is 44.7 Å². The lowest BCUT2D eigenvalue weighted by Gasteiger charge is -2.15. The van der Waals surface area contributed by atoms with Crippen LogP contribution in [0.25, 0.3) is 0 Å². The number of epoxide rings is 1. The lowest BCUT2D eigenvalue weighted by atomic mass is 10.2. The summed E-state index contributed by atoms with van der Waals surface area (Å²) in [6.07, 6.45) is 5.08. The van der Waals surface area contributed by atoms with Crippen molar-refractivity contribution in [2.45, 2.75) is 17.0 Å². The summed E-state index contributed by atoms with van der Waals surface area (Å²) in [5.74, 6) is 0. The van der Waals surface area contributed by atoms with E-state index < -0.39 is 10.0 Å². The molecule has 1 aliphatic heterocycles. The van der Waals surface area contributed by atoms with Gasteiger partial charge in [-0.25, -0.2) is 8.42 Å². The Bertz CT molecular complexity index is 845. The minimum absolute atomic E-state index is 0.00374. The first-order valence-electron chi connectivity index (χ1n) is 7.98. The van der Waals surface area contributed by atoms with Crippen molar-refractivity contribution in [3.8, 4) is 0 Å². The van der Waals surface area contributed by atoms with Crippen molar-refractivity contribution in [1.82, 2.24) is 4.31 Å². The van der Waals surface area contributed by atoms with E-state index in [0.29, 0.717) is 6.61 Å². The van der Waals surface area contributed by atoms with E-state index in [1.165, 1.54) is 17.6 Å². The molecule has 0 bridgehead atoms. The molecule has 0 aliphatic carbocycles. The molecule has 0 saturated carbocycles. The third-order valence-electron chi connectivity index (χ3n) is 3.85. The van der Waals surface area contributed by atoms with E-state index in [1.807, 2.05) is 30.3 Å². The van der Waals surface area contributed by atoms with E-state index in [0.717, 1.165) is 5.56 Å². The largest absolute Gasteiger partial charge is 0.370 e. The van der Waals surface area contributed by atoms with Gasteiger partial charge >= 0.3 is 0 Å². The molecule has 0 spiro atoms. The van der Waals surface area contributed by atoms with Gasteiger partial charge in [0.25, 0.3) is 10.0 Å². The van der Waals surface area contributed by atoms with Crippen LogP contribution < -0.4 is 0 Å². The van der Waals surface area contributed by atoms with Gasteiger partial charge in [-0.15, -0.1) is 0 Å². The van der Waals surface area contributed by atoms with Crippen LogP contribution in [0.5, 0.6) is 0 Å². The maximum absolute atomic E-state index is 12.5. The van der Waals surface area contributed by atoms with Crippen LogP contribution in [0.4, 0.5) is 0 Å². The molecule has 2 atom stereocenters. The standard InChI is InChI=1S/C19H20N2O3S/c1-21(25(22,23)17-10-6-3-7-11-17)13-12-18(19-15-24-19)20-14-16-8-4-2-5-9-16/h2-14,18-19H,15H2,1H3/b13-12+,20-14?. The van der Waals surface area contributed by atoms with Gasteiger partial charge in [0.15, 0.2) is 0 Å². The molecule has 25 heavy (non-hydrogen) atoms. The Morgan fingerprint density at radius 3 is 2.32 bits per heavy atom. The van der Waals surface area contributed by atoms with Crippen molar-refractivity contribution in [3.05, 3.63) is 78.5 Å². The van der Waals surface area contributed by atoms with E-state index in [1.54, 1.807) is 42.6 Å². The molecule has 1 aliphatic rings. The predicted octanol–water partition coefficient (Wildman–Crippen LogP) is 2.71. The second-order valence-electron chi connectivity index (χ2n) is 5.73. The smallest absolute Gasteiger partial charge is 0.263 e. The third-order valence-corrected chi connectivity index (χ3v) is 5.60. The average Bonchev–Trinajstić information content (AvgIpc) is 3.48. The number of sulfonamides is 1. The van der Waals surface area contributed by atoms with Crippen molar-refractivity contribution >= 4 is 16.2 Å². The predicted molar refractivity (Wildman–Crippen MR) is 98.1 cm³/mol. The number of benzene rings is 2. The van der Waals surface area contributed by atoms with Crippen LogP contribution in [-0.2, 0) is 14.8 Å². The highest BCUT2D eigenvalue weighted by atomic mass is 32.2. The molecule has 3 rings (SSSR count). The number of ether oxygens (including phenoxy) is 1. The van der Waals surface area contributed by atoms with E-state index in [2.05, 4.69) is 4.99 Å². The SMILES string of the molecule is CN(/C=C/C(N=Cc1ccccc1)C1CO1)S(=O)(=O)c1ccccc1. The maximum Gasteiger partial charge on any atom is 0.263 e. The number of aliphatic imine (C=N–C) groups is 1. The van der Waals surface area contributed by atoms with Crippen LogP contribution in [0.3, 0.4) is 0 Å². The second-order valence-corrected chi connectivity index (χ2v) is 7.72. The lowest BCUT2D eigenvalue weighted by Crippen LogP contribution is -2.22. The topological polar surface area (TPSA) is 62.3 Å². The van der Waals surface area contributed by atoms with E-state index in [-0.39, 0.29) is 17.0 Å². The van der Waals surface area contributed by atoms with Gasteiger partial charge in [-0.1, -0.05) is 48.5 Å². The molecule has 6 heteroatoms. The summed E-state index contributed by atoms with van der Waals surface area (Å²) in [6.45, 7) is 0.635. The summed E-state index contributed by atoms with van der Waals surface area (Å²) in [5.41, 5.74) is 0.992. The molecule has 1 saturated heterocycles. The normalized spacial score (nSPS) is 18.5. The van der Waals surface area contributed by atoms with Crippen LogP contribution in [0, 0.1) is 0 Å². The number of rotatable bonds is 7. The highest BCUT2D eigenvalue weighted by Gasteiger charge is 2.31. The lowest BCUT2D eigenvalue weighted by molar-refractivity contribution is 0.392. The summed E-state index contributed by atoms with van der Waals surface area (Å²) >= 11 is 0. The van der Waals surface area contributed by atoms with Gasteiger partial charge < -0.3 is 4.74 Å². The van der Waals surface area contributed by atoms with Crippen molar-refractivity contribution in [2.75, 3.05) is 13.7 Å². The summed E-state index contributed by atoms with van der Waals surface area (Å²) in [5, 5.41) is 0. The first kappa shape index (κ1) is 17.4. The molecule has 0 radical (unpaired) electrons. The van der Waals surface area contributed by atoms with E-state index in [4.69, 9.17) is 4.74 Å². The molecular weight excluding hydrogens is 336 g/mol. The molecular formula is C19H20N2O3S. The van der Waals surface area contributed by atoms with Gasteiger partial charge in [0.1, 0.15) is 6.10 Å². The van der Waals surface area contributed by atoms with Gasteiger partial charge in [-0.2, -0.15) is 0 Å². The highest BCUT2D eigenvalue weighted by Crippen LogP contribution is 2.20. The summed E-state index contributed by atoms with van der Waals surface area (Å²) < 4.78 is 31.6. The minimum atomic E-state index is -3.55. The Labute approximate surface area is 148 Å². The quantitative estimate of drug-likeness (QED) is 0.566. The Morgan fingerprint density at radius 1 is 1.12 bits per heavy atom. The fourth-order valence-corrected chi connectivity index (χ4v) is 3.35. The van der Waals surface area contributed by atoms with Crippen LogP contribution in [0.1, 0.15) is 5.56 Å². The van der Waals surface area contributed by atoms with Crippen molar-refractivity contribution in [1.29, 1.82) is 0 Å². The average molecular weight is 356 g/mol. The first-order chi connectivity index (χ1) is 12.1. The Hall–Kier alpha value is -2.44. The third kappa shape index (κ3) is 4.55. The Balaban J connectivity index is 1.73. The summed E-state index contributed by atoms with van der Waals surface area (Å²) in [7, 11) is -2.03. The zero-order valence-electron chi connectivity index (χ0n) is 13.9. The molecule has 0 aromatic heterocycles. The summed E-state index contributed by atoms with van der Waals surface area (Å²) in [6, 6.07) is 17.9. The molecule has 130 valence electrons. The zero-order chi connectivity index (χ0) is 17.7. The van der Waals surface area contributed by atoms with Crippen LogP contribution >= 0.6 is 0 Å². The number of hydrogen-bond donors (Lipinski definition) is 0. The van der Waals surface area contributed by atoms with Gasteiger partial charge in [-0.3, -0.25) is 9.30 Å². The summed E-state index contributed by atoms with van der Waals surface area (Å²) in [4.78, 5) is 4.78. The fourth-order valence-electron chi connectivity index (χ4n) is 2.28. The molecule has 5 nitrogen and oxygen atoms in total. The van der Waals surface area contributed by atoms with E-state index >= 15 is 0 Å². The fraction of sp³-hybridized carbons (Fsp3) is 0.211. The highest BCUT2D eigenvalue weighted by molar-refractivity contribution is 7.89. The minimum Gasteiger partial charge on any atom is -0.370 e. The molecule has 2 aromatic rings. The van der Waals surface area contributed by atoms with Crippen molar-refractivity contribution < 1.29 is 13.2 Å².